The highest BCUT2D eigenvalue weighted by molar-refractivity contribution is 6.30. The molecule has 11 heteroatoms. The number of anilines is 2. The molecule has 2 aromatic carbocycles. The Labute approximate surface area is 266 Å². The second kappa shape index (κ2) is 12.5. The second-order valence-electron chi connectivity index (χ2n) is 12.0. The first-order valence-corrected chi connectivity index (χ1v) is 15.6. The Bertz CT molecular complexity index is 1680. The minimum absolute atomic E-state index is 0.0761. The zero-order chi connectivity index (χ0) is 31.7. The maximum absolute atomic E-state index is 14.4. The van der Waals surface area contributed by atoms with Crippen LogP contribution < -0.4 is 10.6 Å². The zero-order valence-electron chi connectivity index (χ0n) is 25.2. The number of esters is 1. The van der Waals surface area contributed by atoms with Gasteiger partial charge < -0.3 is 19.7 Å². The molecule has 1 aromatic heterocycles. The Morgan fingerprint density at radius 3 is 2.73 bits per heavy atom. The molecule has 3 amide bonds. The third-order valence-corrected chi connectivity index (χ3v) is 9.24. The van der Waals surface area contributed by atoms with Gasteiger partial charge in [0.15, 0.2) is 5.60 Å². The number of pyridine rings is 1. The summed E-state index contributed by atoms with van der Waals surface area (Å²) in [6.07, 6.45) is 4.12. The van der Waals surface area contributed by atoms with E-state index in [1.165, 1.54) is 7.11 Å². The van der Waals surface area contributed by atoms with Gasteiger partial charge in [-0.25, -0.2) is 4.79 Å². The number of ether oxygens (including phenoxy) is 2. The topological polar surface area (TPSA) is 127 Å². The van der Waals surface area contributed by atoms with Crippen molar-refractivity contribution in [1.82, 2.24) is 9.88 Å². The number of hydrogen-bond acceptors (Lipinski definition) is 7. The average molecular weight is 631 g/mol. The number of benzene rings is 2. The number of nitrogens with one attached hydrogen (secondary N) is 2. The van der Waals surface area contributed by atoms with Gasteiger partial charge in [0, 0.05) is 40.5 Å². The largest absolute Gasteiger partial charge is 0.469 e. The van der Waals surface area contributed by atoms with Crippen LogP contribution in [0.2, 0.25) is 5.02 Å². The molecule has 2 N–H and O–H groups in total. The average Bonchev–Trinajstić information content (AvgIpc) is 3.03. The van der Waals surface area contributed by atoms with Crippen LogP contribution in [0.3, 0.4) is 0 Å². The molecular weight excluding hydrogens is 596 g/mol. The predicted molar refractivity (Wildman–Crippen MR) is 169 cm³/mol. The zero-order valence-corrected chi connectivity index (χ0v) is 26.0. The van der Waals surface area contributed by atoms with Gasteiger partial charge in [0.1, 0.15) is 0 Å². The molecule has 3 aliphatic rings. The van der Waals surface area contributed by atoms with E-state index >= 15 is 0 Å². The highest BCUT2D eigenvalue weighted by Gasteiger charge is 2.47. The number of carbonyl (C=O) groups is 4. The van der Waals surface area contributed by atoms with Crippen molar-refractivity contribution in [2.24, 2.45) is 5.92 Å². The van der Waals surface area contributed by atoms with E-state index in [1.807, 2.05) is 31.2 Å². The van der Waals surface area contributed by atoms with Crippen LogP contribution in [0.25, 0.3) is 11.1 Å². The summed E-state index contributed by atoms with van der Waals surface area (Å²) in [6, 6.07) is 14.5. The summed E-state index contributed by atoms with van der Waals surface area (Å²) in [6.45, 7) is 2.59. The summed E-state index contributed by atoms with van der Waals surface area (Å²) in [7, 11) is 1.34. The summed E-state index contributed by atoms with van der Waals surface area (Å²) in [5.41, 5.74) is 3.85. The third-order valence-electron chi connectivity index (χ3n) is 9.01. The fourth-order valence-corrected chi connectivity index (χ4v) is 6.79. The lowest BCUT2D eigenvalue weighted by atomic mass is 9.82. The molecule has 4 heterocycles. The molecule has 10 nitrogen and oxygen atoms in total. The van der Waals surface area contributed by atoms with Crippen LogP contribution in [-0.2, 0) is 35.9 Å². The molecule has 3 aromatic rings. The first kappa shape index (κ1) is 30.6. The van der Waals surface area contributed by atoms with Crippen molar-refractivity contribution in [2.75, 3.05) is 30.8 Å². The van der Waals surface area contributed by atoms with Gasteiger partial charge in [-0.1, -0.05) is 37.1 Å². The number of halogens is 1. The van der Waals surface area contributed by atoms with Crippen LogP contribution >= 0.6 is 11.6 Å². The summed E-state index contributed by atoms with van der Waals surface area (Å²) in [5, 5.41) is 6.33. The minimum Gasteiger partial charge on any atom is -0.469 e. The monoisotopic (exact) mass is 630 g/mol. The summed E-state index contributed by atoms with van der Waals surface area (Å²) in [5.74, 6) is -1.47. The number of fused-ring (bicyclic) bond motifs is 6. The van der Waals surface area contributed by atoms with Gasteiger partial charge in [-0.3, -0.25) is 24.7 Å². The number of piperidine rings is 1. The van der Waals surface area contributed by atoms with Gasteiger partial charge in [-0.05, 0) is 73.2 Å². The number of aromatic nitrogens is 1. The number of amides is 3. The van der Waals surface area contributed by atoms with Crippen LogP contribution in [0.4, 0.5) is 16.2 Å². The smallest absolute Gasteiger partial charge is 0.412 e. The number of likely N-dealkylation sites (tertiary alicyclic amines) is 1. The highest BCUT2D eigenvalue weighted by Crippen LogP contribution is 2.44. The predicted octanol–water partition coefficient (Wildman–Crippen LogP) is 6.04. The lowest BCUT2D eigenvalue weighted by Gasteiger charge is -2.45. The highest BCUT2D eigenvalue weighted by atomic mass is 35.5. The van der Waals surface area contributed by atoms with Crippen molar-refractivity contribution >= 4 is 46.9 Å². The molecule has 0 radical (unpaired) electrons. The molecule has 6 rings (SSSR count). The van der Waals surface area contributed by atoms with Crippen LogP contribution in [0, 0.1) is 5.92 Å². The molecule has 1 fully saturated rings. The van der Waals surface area contributed by atoms with Gasteiger partial charge in [0.25, 0.3) is 0 Å². The van der Waals surface area contributed by atoms with Gasteiger partial charge >= 0.3 is 12.1 Å². The van der Waals surface area contributed by atoms with Crippen molar-refractivity contribution < 1.29 is 28.7 Å². The Morgan fingerprint density at radius 2 is 1.91 bits per heavy atom. The standard InChI is InChI=1S/C34H35ClN4O6/c1-20-5-3-6-25(32(42)39-14-4-12-34(19-39)26-18-23(35)8-10-27(26)38-33(43)45-34)28-17-22(11-13-36-28)24-9-7-21(16-30(40)44-2)15-29(24)37-31(20)41/h7-11,13,15,17-18,20,25H,3-6,12,14,16,19H2,1-2H3,(H,37,41)(H,38,43)/t20-,25+,34+/m1/s1. The molecule has 234 valence electrons. The minimum atomic E-state index is -1.01. The van der Waals surface area contributed by atoms with E-state index < -0.39 is 17.6 Å². The fraction of sp³-hybridized carbons (Fsp3) is 0.382. The SMILES string of the molecule is COC(=O)Cc1ccc2c(c1)NC(=O)[C@H](C)CCC[C@H](C(=O)N1CCC[C@@]3(C1)OC(=O)Nc1ccc(Cl)cc13)c1cc-2ccn1. The Kier molecular flexibility index (Phi) is 8.50. The Hall–Kier alpha value is -4.44. The summed E-state index contributed by atoms with van der Waals surface area (Å²) >= 11 is 6.35. The lowest BCUT2D eigenvalue weighted by Crippen LogP contribution is -2.54. The van der Waals surface area contributed by atoms with E-state index in [-0.39, 0.29) is 36.7 Å². The second-order valence-corrected chi connectivity index (χ2v) is 12.5. The molecule has 1 spiro atoms. The fourth-order valence-electron chi connectivity index (χ4n) is 6.62. The molecule has 3 atom stereocenters. The molecule has 45 heavy (non-hydrogen) atoms. The van der Waals surface area contributed by atoms with Crippen molar-refractivity contribution in [3.8, 4) is 11.1 Å². The van der Waals surface area contributed by atoms with Crippen molar-refractivity contribution in [1.29, 1.82) is 0 Å². The lowest BCUT2D eigenvalue weighted by molar-refractivity contribution is -0.141. The number of nitrogens with zero attached hydrogens (tertiary/aromatic N) is 2. The van der Waals surface area contributed by atoms with E-state index in [0.29, 0.717) is 66.3 Å². The van der Waals surface area contributed by atoms with Crippen LogP contribution in [0.5, 0.6) is 0 Å². The van der Waals surface area contributed by atoms with Gasteiger partial charge in [-0.2, -0.15) is 0 Å². The Balaban J connectivity index is 1.35. The van der Waals surface area contributed by atoms with E-state index in [1.54, 1.807) is 35.4 Å². The molecule has 0 saturated carbocycles. The van der Waals surface area contributed by atoms with Gasteiger partial charge in [0.05, 0.1) is 37.4 Å². The van der Waals surface area contributed by atoms with Gasteiger partial charge in [0.2, 0.25) is 11.8 Å². The number of hydrogen-bond donors (Lipinski definition) is 2. The van der Waals surface area contributed by atoms with Crippen molar-refractivity contribution in [2.45, 2.75) is 57.0 Å². The van der Waals surface area contributed by atoms with E-state index in [9.17, 15) is 19.2 Å². The van der Waals surface area contributed by atoms with Crippen LogP contribution in [0.15, 0.2) is 54.7 Å². The van der Waals surface area contributed by atoms with Gasteiger partial charge in [-0.15, -0.1) is 0 Å². The molecule has 0 unspecified atom stereocenters. The number of carbonyl (C=O) groups excluding carboxylic acids is 4. The molecule has 1 saturated heterocycles. The van der Waals surface area contributed by atoms with Crippen LogP contribution in [0.1, 0.15) is 61.8 Å². The summed E-state index contributed by atoms with van der Waals surface area (Å²) < 4.78 is 10.8. The van der Waals surface area contributed by atoms with E-state index in [4.69, 9.17) is 21.1 Å². The van der Waals surface area contributed by atoms with Crippen molar-refractivity contribution in [3.05, 3.63) is 76.6 Å². The number of methoxy groups -OCH3 is 1. The Morgan fingerprint density at radius 1 is 1.07 bits per heavy atom. The molecule has 2 bridgehead atoms. The normalized spacial score (nSPS) is 22.9. The first-order valence-electron chi connectivity index (χ1n) is 15.2. The maximum Gasteiger partial charge on any atom is 0.412 e. The third kappa shape index (κ3) is 6.24. The molecule has 3 aliphatic heterocycles. The maximum atomic E-state index is 14.4. The van der Waals surface area contributed by atoms with E-state index in [2.05, 4.69) is 15.6 Å². The molecule has 0 aliphatic carbocycles. The quantitative estimate of drug-likeness (QED) is 0.338. The first-order chi connectivity index (χ1) is 21.7. The molecular formula is C34H35ClN4O6. The van der Waals surface area contributed by atoms with Crippen molar-refractivity contribution in [3.63, 3.8) is 0 Å². The van der Waals surface area contributed by atoms with E-state index in [0.717, 1.165) is 16.7 Å². The van der Waals surface area contributed by atoms with Crippen LogP contribution in [-0.4, -0.2) is 54.0 Å². The number of rotatable bonds is 3. The summed E-state index contributed by atoms with van der Waals surface area (Å²) in [4.78, 5) is 58.7.